The minimum Gasteiger partial charge on any atom is -0.348 e. The second-order valence-electron chi connectivity index (χ2n) is 7.47. The van der Waals surface area contributed by atoms with Crippen LogP contribution in [0.25, 0.3) is 0 Å². The molecule has 29 heavy (non-hydrogen) atoms. The van der Waals surface area contributed by atoms with Crippen molar-refractivity contribution in [3.8, 4) is 0 Å². The first-order valence-corrected chi connectivity index (χ1v) is 12.0. The summed E-state index contributed by atoms with van der Waals surface area (Å²) in [6.07, 6.45) is 4.36. The normalized spacial score (nSPS) is 15.5. The van der Waals surface area contributed by atoms with Crippen molar-refractivity contribution < 1.29 is 13.2 Å². The fraction of sp³-hybridized carbons (Fsp3) is 0.381. The molecule has 0 spiro atoms. The van der Waals surface area contributed by atoms with E-state index in [0.29, 0.717) is 10.0 Å². The molecule has 3 rings (SSSR count). The van der Waals surface area contributed by atoms with E-state index in [9.17, 15) is 13.2 Å². The molecule has 2 atom stereocenters. The Morgan fingerprint density at radius 2 is 1.66 bits per heavy atom. The summed E-state index contributed by atoms with van der Waals surface area (Å²) in [5.74, 6) is -0.403. The summed E-state index contributed by atoms with van der Waals surface area (Å²) in [7, 11) is -3.75. The van der Waals surface area contributed by atoms with Crippen LogP contribution in [0.5, 0.6) is 0 Å². The molecule has 5 nitrogen and oxygen atoms in total. The van der Waals surface area contributed by atoms with Gasteiger partial charge in [0.2, 0.25) is 15.9 Å². The Bertz CT molecular complexity index is 1020. The molecule has 0 bridgehead atoms. The SMILES string of the molecule is C[C@H](C(=O)N[C@H](C)c1ccc2c(c1)CCC2)N(c1cc(Cl)cc(Cl)c1)S(C)(=O)=O. The zero-order valence-electron chi connectivity index (χ0n) is 16.6. The van der Waals surface area contributed by atoms with Crippen LogP contribution in [0.15, 0.2) is 36.4 Å². The zero-order chi connectivity index (χ0) is 21.3. The van der Waals surface area contributed by atoms with Gasteiger partial charge in [0.1, 0.15) is 6.04 Å². The van der Waals surface area contributed by atoms with E-state index in [4.69, 9.17) is 23.2 Å². The summed E-state index contributed by atoms with van der Waals surface area (Å²) in [5, 5.41) is 3.51. The van der Waals surface area contributed by atoms with E-state index < -0.39 is 22.0 Å². The number of nitrogens with one attached hydrogen (secondary N) is 1. The van der Waals surface area contributed by atoms with Gasteiger partial charge < -0.3 is 5.32 Å². The van der Waals surface area contributed by atoms with Gasteiger partial charge in [-0.15, -0.1) is 0 Å². The van der Waals surface area contributed by atoms with E-state index in [-0.39, 0.29) is 11.7 Å². The highest BCUT2D eigenvalue weighted by Gasteiger charge is 2.30. The molecule has 0 saturated heterocycles. The number of carbonyl (C=O) groups excluding carboxylic acids is 1. The van der Waals surface area contributed by atoms with E-state index in [0.717, 1.165) is 35.4 Å². The molecule has 0 radical (unpaired) electrons. The van der Waals surface area contributed by atoms with E-state index in [2.05, 4.69) is 17.4 Å². The van der Waals surface area contributed by atoms with Crippen LogP contribution in [0, 0.1) is 0 Å². The number of benzene rings is 2. The standard InChI is InChI=1S/C21H24Cl2N2O3S/c1-13(16-8-7-15-5-4-6-17(15)9-16)24-21(26)14(2)25(29(3,27)28)20-11-18(22)10-19(23)12-20/h7-14H,4-6H2,1-3H3,(H,24,26)/t13-,14-/m1/s1. The molecule has 0 heterocycles. The maximum Gasteiger partial charge on any atom is 0.244 e. The lowest BCUT2D eigenvalue weighted by Crippen LogP contribution is -2.48. The van der Waals surface area contributed by atoms with Gasteiger partial charge >= 0.3 is 0 Å². The van der Waals surface area contributed by atoms with E-state index >= 15 is 0 Å². The number of hydrogen-bond acceptors (Lipinski definition) is 3. The Kier molecular flexibility index (Phi) is 6.46. The van der Waals surface area contributed by atoms with Crippen molar-refractivity contribution in [1.82, 2.24) is 5.32 Å². The summed E-state index contributed by atoms with van der Waals surface area (Å²) in [5.41, 5.74) is 3.94. The fourth-order valence-corrected chi connectivity index (χ4v) is 5.43. The molecular weight excluding hydrogens is 431 g/mol. The second kappa shape index (κ2) is 8.54. The molecule has 8 heteroatoms. The molecule has 0 saturated carbocycles. The smallest absolute Gasteiger partial charge is 0.244 e. The van der Waals surface area contributed by atoms with Crippen molar-refractivity contribution in [2.24, 2.45) is 0 Å². The van der Waals surface area contributed by atoms with Crippen molar-refractivity contribution in [3.63, 3.8) is 0 Å². The van der Waals surface area contributed by atoms with Crippen molar-refractivity contribution in [3.05, 3.63) is 63.1 Å². The van der Waals surface area contributed by atoms with Crippen LogP contribution in [0.2, 0.25) is 10.0 Å². The number of fused-ring (bicyclic) bond motifs is 1. The molecule has 0 aliphatic heterocycles. The largest absolute Gasteiger partial charge is 0.348 e. The molecular formula is C21H24Cl2N2O3S. The minimum absolute atomic E-state index is 0.248. The lowest BCUT2D eigenvalue weighted by molar-refractivity contribution is -0.122. The molecule has 0 aromatic heterocycles. The predicted molar refractivity (Wildman–Crippen MR) is 118 cm³/mol. The third kappa shape index (κ3) is 5.05. The van der Waals surface area contributed by atoms with Crippen LogP contribution >= 0.6 is 23.2 Å². The van der Waals surface area contributed by atoms with Crippen molar-refractivity contribution in [2.75, 3.05) is 10.6 Å². The summed E-state index contributed by atoms with van der Waals surface area (Å²) in [4.78, 5) is 12.9. The second-order valence-corrected chi connectivity index (χ2v) is 10.2. The van der Waals surface area contributed by atoms with Crippen LogP contribution in [-0.2, 0) is 27.7 Å². The predicted octanol–water partition coefficient (Wildman–Crippen LogP) is 4.51. The molecule has 1 amide bonds. The number of sulfonamides is 1. The maximum absolute atomic E-state index is 12.9. The Hall–Kier alpha value is -1.76. The van der Waals surface area contributed by atoms with Gasteiger partial charge in [0.25, 0.3) is 0 Å². The maximum atomic E-state index is 12.9. The molecule has 1 aliphatic carbocycles. The summed E-state index contributed by atoms with van der Waals surface area (Å²) < 4.78 is 25.9. The molecule has 156 valence electrons. The molecule has 1 aliphatic rings. The van der Waals surface area contributed by atoms with Gasteiger partial charge in [-0.25, -0.2) is 8.42 Å². The van der Waals surface area contributed by atoms with E-state index in [1.54, 1.807) is 6.92 Å². The molecule has 0 unspecified atom stereocenters. The highest BCUT2D eigenvalue weighted by Crippen LogP contribution is 2.29. The first kappa shape index (κ1) is 21.9. The third-order valence-electron chi connectivity index (χ3n) is 5.17. The van der Waals surface area contributed by atoms with Gasteiger partial charge in [-0.2, -0.15) is 0 Å². The fourth-order valence-electron chi connectivity index (χ4n) is 3.75. The van der Waals surface area contributed by atoms with Crippen molar-refractivity contribution in [2.45, 2.75) is 45.2 Å². The van der Waals surface area contributed by atoms with E-state index in [1.165, 1.54) is 29.3 Å². The lowest BCUT2D eigenvalue weighted by atomic mass is 10.0. The number of halogens is 2. The highest BCUT2D eigenvalue weighted by atomic mass is 35.5. The Balaban J connectivity index is 1.82. The Labute approximate surface area is 182 Å². The third-order valence-corrected chi connectivity index (χ3v) is 6.85. The van der Waals surface area contributed by atoms with Crippen LogP contribution < -0.4 is 9.62 Å². The Morgan fingerprint density at radius 1 is 1.03 bits per heavy atom. The summed E-state index contributed by atoms with van der Waals surface area (Å²) >= 11 is 12.1. The number of rotatable bonds is 6. The average Bonchev–Trinajstić information content (AvgIpc) is 3.07. The summed E-state index contributed by atoms with van der Waals surface area (Å²) in [6, 6.07) is 9.49. The number of hydrogen-bond donors (Lipinski definition) is 1. The quantitative estimate of drug-likeness (QED) is 0.697. The van der Waals surface area contributed by atoms with Crippen LogP contribution in [-0.4, -0.2) is 26.6 Å². The van der Waals surface area contributed by atoms with Crippen molar-refractivity contribution in [1.29, 1.82) is 0 Å². The van der Waals surface area contributed by atoms with Gasteiger partial charge in [0, 0.05) is 10.0 Å². The molecule has 0 fully saturated rings. The topological polar surface area (TPSA) is 66.5 Å². The molecule has 2 aromatic rings. The first-order valence-electron chi connectivity index (χ1n) is 9.44. The van der Waals surface area contributed by atoms with E-state index in [1.807, 2.05) is 13.0 Å². The van der Waals surface area contributed by atoms with Gasteiger partial charge in [-0.3, -0.25) is 9.10 Å². The van der Waals surface area contributed by atoms with Gasteiger partial charge in [-0.05, 0) is 68.0 Å². The number of nitrogens with zero attached hydrogens (tertiary/aromatic N) is 1. The minimum atomic E-state index is -3.75. The number of aryl methyl sites for hydroxylation is 2. The van der Waals surface area contributed by atoms with Crippen LogP contribution in [0.1, 0.15) is 43.0 Å². The zero-order valence-corrected chi connectivity index (χ0v) is 18.9. The highest BCUT2D eigenvalue weighted by molar-refractivity contribution is 7.92. The van der Waals surface area contributed by atoms with Gasteiger partial charge in [-0.1, -0.05) is 41.4 Å². The molecule has 1 N–H and O–H groups in total. The number of carbonyl (C=O) groups is 1. The first-order chi connectivity index (χ1) is 13.6. The van der Waals surface area contributed by atoms with Crippen LogP contribution in [0.3, 0.4) is 0 Å². The lowest BCUT2D eigenvalue weighted by Gasteiger charge is -2.29. The number of anilines is 1. The van der Waals surface area contributed by atoms with Gasteiger partial charge in [0.05, 0.1) is 18.0 Å². The monoisotopic (exact) mass is 454 g/mol. The number of amides is 1. The van der Waals surface area contributed by atoms with Gasteiger partial charge in [0.15, 0.2) is 0 Å². The average molecular weight is 455 g/mol. The summed E-state index contributed by atoms with van der Waals surface area (Å²) in [6.45, 7) is 3.43. The Morgan fingerprint density at radius 3 is 2.28 bits per heavy atom. The molecule has 2 aromatic carbocycles. The van der Waals surface area contributed by atoms with Crippen LogP contribution in [0.4, 0.5) is 5.69 Å². The van der Waals surface area contributed by atoms with Crippen molar-refractivity contribution >= 4 is 44.8 Å².